The highest BCUT2D eigenvalue weighted by Gasteiger charge is 2.30. The number of benzene rings is 2. The van der Waals surface area contributed by atoms with E-state index in [1.165, 1.54) is 30.3 Å². The Labute approximate surface area is 221 Å². The molecule has 2 aromatic carbocycles. The molecule has 1 atom stereocenters. The van der Waals surface area contributed by atoms with Crippen LogP contribution in [0.1, 0.15) is 30.0 Å². The second-order valence-electron chi connectivity index (χ2n) is 8.50. The average molecular weight is 536 g/mol. The van der Waals surface area contributed by atoms with Crippen molar-refractivity contribution >= 4 is 35.0 Å². The van der Waals surface area contributed by atoms with Gasteiger partial charge in [-0.05, 0) is 31.2 Å². The number of amides is 2. The van der Waals surface area contributed by atoms with Crippen molar-refractivity contribution in [2.75, 3.05) is 10.6 Å². The minimum atomic E-state index is -0.697. The normalized spacial score (nSPS) is 14.1. The Kier molecular flexibility index (Phi) is 7.36. The van der Waals surface area contributed by atoms with E-state index in [9.17, 15) is 18.4 Å². The quantitative estimate of drug-likeness (QED) is 0.280. The number of para-hydroxylation sites is 1. The maximum Gasteiger partial charge on any atom is 0.233 e. The Morgan fingerprint density at radius 2 is 1.89 bits per heavy atom. The molecular formula is C27H23F2N5O3S. The fourth-order valence-corrected chi connectivity index (χ4v) is 5.44. The predicted molar refractivity (Wildman–Crippen MR) is 139 cm³/mol. The molecule has 2 N–H and O–H groups in total. The summed E-state index contributed by atoms with van der Waals surface area (Å²) in [6, 6.07) is 11.3. The zero-order chi connectivity index (χ0) is 26.6. The standard InChI is InChI=1S/C27H23F2N5O3S/c1-2-34-15-30-14-21(34)24-12-20-27(38-24)23(9-10-31-20)37-22-8-7-16(11-18(22)29)32-25(35)13-26(36)33-19-6-4-3-5-17(19)28/h3-11,14-15,24H,2,12-13H2,1H3,(H,32,35)(H,33,36). The van der Waals surface area contributed by atoms with E-state index in [4.69, 9.17) is 4.74 Å². The maximum absolute atomic E-state index is 14.9. The third-order valence-electron chi connectivity index (χ3n) is 5.90. The second-order valence-corrected chi connectivity index (χ2v) is 9.71. The van der Waals surface area contributed by atoms with Crippen LogP contribution in [0.2, 0.25) is 0 Å². The molecule has 38 heavy (non-hydrogen) atoms. The SMILES string of the molecule is CCn1cncc1C1Cc2nccc(Oc3ccc(NC(=O)CC(=O)Nc4ccccc4F)cc3F)c2S1. The first kappa shape index (κ1) is 25.4. The third kappa shape index (κ3) is 5.52. The summed E-state index contributed by atoms with van der Waals surface area (Å²) in [6.07, 6.45) is 5.43. The summed E-state index contributed by atoms with van der Waals surface area (Å²) >= 11 is 1.60. The molecule has 2 amide bonds. The molecule has 2 aromatic heterocycles. The molecule has 194 valence electrons. The van der Waals surface area contributed by atoms with Crippen molar-refractivity contribution in [1.29, 1.82) is 0 Å². The fraction of sp³-hybridized carbons (Fsp3) is 0.185. The fourth-order valence-electron chi connectivity index (χ4n) is 4.10. The summed E-state index contributed by atoms with van der Waals surface area (Å²) in [6.45, 7) is 2.87. The van der Waals surface area contributed by atoms with E-state index in [0.29, 0.717) is 12.2 Å². The van der Waals surface area contributed by atoms with Gasteiger partial charge in [0.25, 0.3) is 0 Å². The van der Waals surface area contributed by atoms with E-state index < -0.39 is 29.9 Å². The number of nitrogens with one attached hydrogen (secondary N) is 2. The van der Waals surface area contributed by atoms with E-state index in [0.717, 1.165) is 28.9 Å². The molecule has 0 spiro atoms. The zero-order valence-corrected chi connectivity index (χ0v) is 21.1. The van der Waals surface area contributed by atoms with Gasteiger partial charge in [0.2, 0.25) is 11.8 Å². The van der Waals surface area contributed by atoms with Crippen molar-refractivity contribution in [3.8, 4) is 11.5 Å². The van der Waals surface area contributed by atoms with Crippen LogP contribution in [-0.2, 0) is 22.6 Å². The summed E-state index contributed by atoms with van der Waals surface area (Å²) in [5.41, 5.74) is 2.09. The number of pyridine rings is 1. The molecule has 1 aliphatic heterocycles. The van der Waals surface area contributed by atoms with E-state index >= 15 is 0 Å². The van der Waals surface area contributed by atoms with Gasteiger partial charge in [-0.15, -0.1) is 11.8 Å². The number of halogens is 2. The number of fused-ring (bicyclic) bond motifs is 1. The Morgan fingerprint density at radius 1 is 1.08 bits per heavy atom. The van der Waals surface area contributed by atoms with Crippen LogP contribution in [0.4, 0.5) is 20.2 Å². The Bertz CT molecular complexity index is 1510. The van der Waals surface area contributed by atoms with Gasteiger partial charge in [-0.1, -0.05) is 12.1 Å². The number of imidazole rings is 1. The predicted octanol–water partition coefficient (Wildman–Crippen LogP) is 5.73. The molecule has 8 nitrogen and oxygen atoms in total. The molecule has 0 saturated carbocycles. The summed E-state index contributed by atoms with van der Waals surface area (Å²) in [5.74, 6) is -2.19. The number of anilines is 2. The first-order valence-corrected chi connectivity index (χ1v) is 12.8. The lowest BCUT2D eigenvalue weighted by Gasteiger charge is -2.13. The van der Waals surface area contributed by atoms with Crippen molar-refractivity contribution in [2.24, 2.45) is 0 Å². The molecular weight excluding hydrogens is 512 g/mol. The second kappa shape index (κ2) is 11.0. The van der Waals surface area contributed by atoms with Crippen LogP contribution < -0.4 is 15.4 Å². The molecule has 11 heteroatoms. The molecule has 4 aromatic rings. The van der Waals surface area contributed by atoms with Gasteiger partial charge >= 0.3 is 0 Å². The maximum atomic E-state index is 14.9. The molecule has 1 aliphatic rings. The van der Waals surface area contributed by atoms with Gasteiger partial charge in [0.1, 0.15) is 18.0 Å². The third-order valence-corrected chi connectivity index (χ3v) is 7.27. The van der Waals surface area contributed by atoms with Crippen LogP contribution in [0.15, 0.2) is 72.1 Å². The van der Waals surface area contributed by atoms with E-state index in [-0.39, 0.29) is 22.4 Å². The van der Waals surface area contributed by atoms with Crippen molar-refractivity contribution in [3.05, 3.63) is 90.3 Å². The molecule has 1 unspecified atom stereocenters. The molecule has 5 rings (SSSR count). The van der Waals surface area contributed by atoms with Gasteiger partial charge in [-0.2, -0.15) is 0 Å². The molecule has 0 fully saturated rings. The molecule has 0 radical (unpaired) electrons. The number of hydrogen-bond donors (Lipinski definition) is 2. The monoisotopic (exact) mass is 535 g/mol. The first-order valence-electron chi connectivity index (χ1n) is 11.9. The van der Waals surface area contributed by atoms with Crippen LogP contribution in [0.25, 0.3) is 0 Å². The van der Waals surface area contributed by atoms with Crippen molar-refractivity contribution in [3.63, 3.8) is 0 Å². The summed E-state index contributed by atoms with van der Waals surface area (Å²) < 4.78 is 36.6. The lowest BCUT2D eigenvalue weighted by molar-refractivity contribution is -0.123. The summed E-state index contributed by atoms with van der Waals surface area (Å²) in [7, 11) is 0. The molecule has 3 heterocycles. The Hall–Kier alpha value is -4.25. The highest BCUT2D eigenvalue weighted by Crippen LogP contribution is 2.50. The molecule has 0 aliphatic carbocycles. The van der Waals surface area contributed by atoms with Crippen molar-refractivity contribution in [2.45, 2.75) is 36.5 Å². The van der Waals surface area contributed by atoms with Crippen LogP contribution in [-0.4, -0.2) is 26.3 Å². The topological polar surface area (TPSA) is 98.1 Å². The van der Waals surface area contributed by atoms with E-state index in [1.54, 1.807) is 36.4 Å². The highest BCUT2D eigenvalue weighted by atomic mass is 32.2. The zero-order valence-electron chi connectivity index (χ0n) is 20.3. The number of rotatable bonds is 8. The van der Waals surface area contributed by atoms with Crippen LogP contribution >= 0.6 is 11.8 Å². The van der Waals surface area contributed by atoms with Gasteiger partial charge in [0.15, 0.2) is 11.6 Å². The van der Waals surface area contributed by atoms with Crippen LogP contribution in [0.5, 0.6) is 11.5 Å². The molecule has 0 saturated heterocycles. The largest absolute Gasteiger partial charge is 0.453 e. The van der Waals surface area contributed by atoms with Gasteiger partial charge < -0.3 is 19.9 Å². The number of aryl methyl sites for hydroxylation is 1. The van der Waals surface area contributed by atoms with Gasteiger partial charge in [0.05, 0.1) is 33.5 Å². The minimum absolute atomic E-state index is 0.0173. The van der Waals surface area contributed by atoms with Crippen LogP contribution in [0, 0.1) is 11.6 Å². The number of aromatic nitrogens is 3. The Morgan fingerprint density at radius 3 is 2.68 bits per heavy atom. The van der Waals surface area contributed by atoms with Crippen molar-refractivity contribution in [1.82, 2.24) is 14.5 Å². The van der Waals surface area contributed by atoms with Crippen LogP contribution in [0.3, 0.4) is 0 Å². The number of ether oxygens (including phenoxy) is 1. The lowest BCUT2D eigenvalue weighted by Crippen LogP contribution is -2.21. The Balaban J connectivity index is 1.22. The number of carbonyl (C=O) groups is 2. The average Bonchev–Trinajstić information content (AvgIpc) is 3.54. The molecule has 0 bridgehead atoms. The summed E-state index contributed by atoms with van der Waals surface area (Å²) in [5, 5.41) is 4.93. The number of nitrogens with zero attached hydrogens (tertiary/aromatic N) is 3. The van der Waals surface area contributed by atoms with Gasteiger partial charge in [-0.25, -0.2) is 13.8 Å². The van der Waals surface area contributed by atoms with Crippen molar-refractivity contribution < 1.29 is 23.1 Å². The van der Waals surface area contributed by atoms with Gasteiger partial charge in [0, 0.05) is 43.2 Å². The number of hydrogen-bond acceptors (Lipinski definition) is 6. The first-order chi connectivity index (χ1) is 18.4. The minimum Gasteiger partial charge on any atom is -0.453 e. The number of thioether (sulfide) groups is 1. The lowest BCUT2D eigenvalue weighted by atomic mass is 10.2. The number of carbonyl (C=O) groups excluding carboxylic acids is 2. The highest BCUT2D eigenvalue weighted by molar-refractivity contribution is 8.00. The van der Waals surface area contributed by atoms with E-state index in [1.807, 2.05) is 6.20 Å². The smallest absolute Gasteiger partial charge is 0.233 e. The summed E-state index contributed by atoms with van der Waals surface area (Å²) in [4.78, 5) is 33.9. The van der Waals surface area contributed by atoms with Gasteiger partial charge in [-0.3, -0.25) is 14.6 Å². The van der Waals surface area contributed by atoms with E-state index in [2.05, 4.69) is 32.1 Å².